The van der Waals surface area contributed by atoms with E-state index in [2.05, 4.69) is 10.6 Å². The topological polar surface area (TPSA) is 97.6 Å². The van der Waals surface area contributed by atoms with E-state index in [1.807, 2.05) is 31.2 Å². The van der Waals surface area contributed by atoms with E-state index in [0.29, 0.717) is 18.6 Å². The van der Waals surface area contributed by atoms with Gasteiger partial charge in [0, 0.05) is 4.90 Å². The van der Waals surface area contributed by atoms with Crippen molar-refractivity contribution in [2.75, 3.05) is 5.32 Å². The maximum Gasteiger partial charge on any atom is 0.308 e. The molecule has 8 heteroatoms. The summed E-state index contributed by atoms with van der Waals surface area (Å²) in [5.41, 5.74) is 0.739. The van der Waals surface area contributed by atoms with Crippen molar-refractivity contribution in [3.63, 3.8) is 0 Å². The summed E-state index contributed by atoms with van der Waals surface area (Å²) in [5, 5.41) is 4.91. The Morgan fingerprint density at radius 1 is 1.29 bits per heavy atom. The highest BCUT2D eigenvalue weighted by Gasteiger charge is 2.31. The summed E-state index contributed by atoms with van der Waals surface area (Å²) < 4.78 is 10.6. The van der Waals surface area contributed by atoms with Gasteiger partial charge in [-0.1, -0.05) is 25.5 Å². The van der Waals surface area contributed by atoms with Crippen molar-refractivity contribution >= 4 is 35.2 Å². The summed E-state index contributed by atoms with van der Waals surface area (Å²) in [6.45, 7) is 2.13. The zero-order chi connectivity index (χ0) is 19.9. The number of benzene rings is 1. The van der Waals surface area contributed by atoms with Crippen LogP contribution in [0.3, 0.4) is 0 Å². The molecule has 0 spiro atoms. The standard InChI is InChI=1S/C20H22N2O5S/c1-2-6-15(19(24)21-12-13-7-5-10-26-13)27-18(23)11-17-20(25)22-14-8-3-4-9-16(14)28-17/h3-5,7-10,15,17H,2,6,11-12H2,1H3,(H,21,24)(H,22,25)/t15-,17-/m0/s1. The van der Waals surface area contributed by atoms with Crippen molar-refractivity contribution in [1.82, 2.24) is 5.32 Å². The Balaban J connectivity index is 1.55. The van der Waals surface area contributed by atoms with Crippen LogP contribution in [-0.2, 0) is 25.7 Å². The molecule has 3 rings (SSSR count). The second-order valence-corrected chi connectivity index (χ2v) is 7.60. The quantitative estimate of drug-likeness (QED) is 0.659. The molecule has 0 aliphatic carbocycles. The third kappa shape index (κ3) is 5.16. The highest BCUT2D eigenvalue weighted by molar-refractivity contribution is 8.01. The van der Waals surface area contributed by atoms with E-state index >= 15 is 0 Å². The molecular formula is C20H22N2O5S. The fourth-order valence-corrected chi connectivity index (χ4v) is 3.89. The Labute approximate surface area is 167 Å². The van der Waals surface area contributed by atoms with E-state index in [0.717, 1.165) is 10.6 Å². The second-order valence-electron chi connectivity index (χ2n) is 6.36. The zero-order valence-corrected chi connectivity index (χ0v) is 16.3. The molecule has 148 valence electrons. The summed E-state index contributed by atoms with van der Waals surface area (Å²) in [6.07, 6.45) is 1.62. The van der Waals surface area contributed by atoms with Crippen LogP contribution in [0.2, 0.25) is 0 Å². The van der Waals surface area contributed by atoms with Gasteiger partial charge < -0.3 is 19.8 Å². The summed E-state index contributed by atoms with van der Waals surface area (Å²) in [4.78, 5) is 37.9. The van der Waals surface area contributed by atoms with Gasteiger partial charge >= 0.3 is 5.97 Å². The Kier molecular flexibility index (Phi) is 6.76. The van der Waals surface area contributed by atoms with Crippen LogP contribution in [0.1, 0.15) is 31.9 Å². The molecule has 0 saturated carbocycles. The largest absolute Gasteiger partial charge is 0.467 e. The Bertz CT molecular complexity index is 837. The van der Waals surface area contributed by atoms with Crippen LogP contribution in [0.5, 0.6) is 0 Å². The molecule has 2 aromatic rings. The molecule has 2 N–H and O–H groups in total. The number of fused-ring (bicyclic) bond motifs is 1. The van der Waals surface area contributed by atoms with Gasteiger partial charge in [-0.15, -0.1) is 11.8 Å². The number of nitrogens with one attached hydrogen (secondary N) is 2. The van der Waals surface area contributed by atoms with Gasteiger partial charge in [0.1, 0.15) is 5.76 Å². The number of anilines is 1. The minimum atomic E-state index is -0.892. The molecule has 2 heterocycles. The number of esters is 1. The predicted octanol–water partition coefficient (Wildman–Crippen LogP) is 3.11. The first-order valence-corrected chi connectivity index (χ1v) is 10.0. The van der Waals surface area contributed by atoms with Gasteiger partial charge in [0.05, 0.1) is 30.2 Å². The molecule has 0 unspecified atom stereocenters. The number of carbonyl (C=O) groups is 3. The molecule has 0 bridgehead atoms. The van der Waals surface area contributed by atoms with Gasteiger partial charge in [-0.3, -0.25) is 14.4 Å². The molecule has 0 saturated heterocycles. The fraction of sp³-hybridized carbons (Fsp3) is 0.350. The predicted molar refractivity (Wildman–Crippen MR) is 105 cm³/mol. The molecular weight excluding hydrogens is 380 g/mol. The molecule has 2 atom stereocenters. The van der Waals surface area contributed by atoms with Gasteiger partial charge in [-0.05, 0) is 30.7 Å². The van der Waals surface area contributed by atoms with Crippen LogP contribution in [0.15, 0.2) is 52.0 Å². The van der Waals surface area contributed by atoms with E-state index in [4.69, 9.17) is 9.15 Å². The summed E-state index contributed by atoms with van der Waals surface area (Å²) >= 11 is 1.32. The van der Waals surface area contributed by atoms with Crippen LogP contribution in [0.25, 0.3) is 0 Å². The third-order valence-corrected chi connectivity index (χ3v) is 5.47. The number of amides is 2. The van der Waals surface area contributed by atoms with Crippen molar-refractivity contribution in [2.24, 2.45) is 0 Å². The number of rotatable bonds is 8. The van der Waals surface area contributed by atoms with Gasteiger partial charge in [-0.2, -0.15) is 0 Å². The first-order valence-electron chi connectivity index (χ1n) is 9.13. The van der Waals surface area contributed by atoms with Crippen molar-refractivity contribution < 1.29 is 23.5 Å². The highest BCUT2D eigenvalue weighted by Crippen LogP contribution is 2.36. The highest BCUT2D eigenvalue weighted by atomic mass is 32.2. The van der Waals surface area contributed by atoms with E-state index < -0.39 is 17.3 Å². The lowest BCUT2D eigenvalue weighted by atomic mass is 10.2. The first-order chi connectivity index (χ1) is 13.6. The number of para-hydroxylation sites is 1. The first kappa shape index (κ1) is 20.0. The molecule has 0 radical (unpaired) electrons. The number of hydrogen-bond donors (Lipinski definition) is 2. The zero-order valence-electron chi connectivity index (χ0n) is 15.5. The van der Waals surface area contributed by atoms with Crippen LogP contribution in [0, 0.1) is 0 Å². The molecule has 2 amide bonds. The lowest BCUT2D eigenvalue weighted by molar-refractivity contribution is -0.156. The van der Waals surface area contributed by atoms with Gasteiger partial charge in [-0.25, -0.2) is 0 Å². The SMILES string of the molecule is CCC[C@H](OC(=O)C[C@@H]1Sc2ccccc2NC1=O)C(=O)NCc1ccco1. The van der Waals surface area contributed by atoms with Crippen molar-refractivity contribution in [2.45, 2.75) is 49.0 Å². The number of carbonyl (C=O) groups excluding carboxylic acids is 3. The second kappa shape index (κ2) is 9.45. The van der Waals surface area contributed by atoms with Crippen LogP contribution in [0.4, 0.5) is 5.69 Å². The van der Waals surface area contributed by atoms with Gasteiger partial charge in [0.25, 0.3) is 5.91 Å². The average molecular weight is 402 g/mol. The minimum Gasteiger partial charge on any atom is -0.467 e. The van der Waals surface area contributed by atoms with Crippen LogP contribution in [-0.4, -0.2) is 29.1 Å². The molecule has 1 aliphatic rings. The van der Waals surface area contributed by atoms with Crippen molar-refractivity contribution in [1.29, 1.82) is 0 Å². The maximum absolute atomic E-state index is 12.4. The van der Waals surface area contributed by atoms with E-state index in [9.17, 15) is 14.4 Å². The van der Waals surface area contributed by atoms with Crippen molar-refractivity contribution in [3.8, 4) is 0 Å². The number of thioether (sulfide) groups is 1. The summed E-state index contributed by atoms with van der Waals surface area (Å²) in [7, 11) is 0. The van der Waals surface area contributed by atoms with E-state index in [1.165, 1.54) is 18.0 Å². The van der Waals surface area contributed by atoms with Crippen molar-refractivity contribution in [3.05, 3.63) is 48.4 Å². The summed E-state index contributed by atoms with van der Waals surface area (Å²) in [6, 6.07) is 10.9. The molecule has 0 fully saturated rings. The fourth-order valence-electron chi connectivity index (χ4n) is 2.79. The lowest BCUT2D eigenvalue weighted by Gasteiger charge is -2.24. The van der Waals surface area contributed by atoms with E-state index in [1.54, 1.807) is 12.1 Å². The molecule has 7 nitrogen and oxygen atoms in total. The van der Waals surface area contributed by atoms with Crippen LogP contribution >= 0.6 is 11.8 Å². The maximum atomic E-state index is 12.4. The monoisotopic (exact) mass is 402 g/mol. The Morgan fingerprint density at radius 2 is 2.11 bits per heavy atom. The smallest absolute Gasteiger partial charge is 0.308 e. The number of hydrogen-bond acceptors (Lipinski definition) is 6. The summed E-state index contributed by atoms with van der Waals surface area (Å²) in [5.74, 6) is -0.574. The third-order valence-electron chi connectivity index (χ3n) is 4.19. The van der Waals surface area contributed by atoms with E-state index in [-0.39, 0.29) is 24.8 Å². The normalized spacial score (nSPS) is 16.6. The minimum absolute atomic E-state index is 0.101. The molecule has 28 heavy (non-hydrogen) atoms. The lowest BCUT2D eigenvalue weighted by Crippen LogP contribution is -2.38. The van der Waals surface area contributed by atoms with Crippen LogP contribution < -0.4 is 10.6 Å². The van der Waals surface area contributed by atoms with Gasteiger partial charge in [0.2, 0.25) is 5.91 Å². The Hall–Kier alpha value is -2.74. The number of furan rings is 1. The Morgan fingerprint density at radius 3 is 2.86 bits per heavy atom. The average Bonchev–Trinajstić information content (AvgIpc) is 3.20. The molecule has 1 aromatic heterocycles. The molecule has 1 aliphatic heterocycles. The molecule has 1 aromatic carbocycles. The van der Waals surface area contributed by atoms with Gasteiger partial charge in [0.15, 0.2) is 6.10 Å². The number of ether oxygens (including phenoxy) is 1.